The molecule has 0 saturated carbocycles. The summed E-state index contributed by atoms with van der Waals surface area (Å²) in [6.45, 7) is -0.246. The van der Waals surface area contributed by atoms with Gasteiger partial charge in [-0.25, -0.2) is 9.29 Å². The Morgan fingerprint density at radius 1 is 0.833 bits per heavy atom. The van der Waals surface area contributed by atoms with Crippen molar-refractivity contribution in [2.24, 2.45) is 5.92 Å². The Hall–Kier alpha value is -4.54. The highest BCUT2D eigenvalue weighted by molar-refractivity contribution is 8.00. The van der Waals surface area contributed by atoms with Crippen LogP contribution in [0.25, 0.3) is 10.8 Å². The second-order valence-corrected chi connectivity index (χ2v) is 12.3. The number of nitrogens with zero attached hydrogens (tertiary/aromatic N) is 2. The predicted octanol–water partition coefficient (Wildman–Crippen LogP) is 5.64. The molecule has 4 aromatic carbocycles. The number of imide groups is 1. The van der Waals surface area contributed by atoms with Gasteiger partial charge in [-0.05, 0) is 41.3 Å². The highest BCUT2D eigenvalue weighted by Gasteiger charge is 2.56. The van der Waals surface area contributed by atoms with E-state index in [-0.39, 0.29) is 17.3 Å². The molecule has 1 aromatic heterocycles. The highest BCUT2D eigenvalue weighted by atomic mass is 32.2. The molecule has 2 aliphatic rings. The van der Waals surface area contributed by atoms with Crippen LogP contribution in [0, 0.1) is 11.7 Å². The van der Waals surface area contributed by atoms with E-state index in [4.69, 9.17) is 0 Å². The fourth-order valence-corrected chi connectivity index (χ4v) is 8.56. The van der Waals surface area contributed by atoms with Gasteiger partial charge in [0.1, 0.15) is 17.6 Å². The van der Waals surface area contributed by atoms with Gasteiger partial charge in [0, 0.05) is 21.9 Å². The number of thioether (sulfide) groups is 1. The van der Waals surface area contributed by atoms with E-state index < -0.39 is 34.7 Å². The van der Waals surface area contributed by atoms with E-state index in [2.05, 4.69) is 5.32 Å². The van der Waals surface area contributed by atoms with Crippen molar-refractivity contribution in [3.05, 3.63) is 123 Å². The quantitative estimate of drug-likeness (QED) is 0.266. The highest BCUT2D eigenvalue weighted by Crippen LogP contribution is 2.53. The summed E-state index contributed by atoms with van der Waals surface area (Å²) in [5, 5.41) is 4.48. The van der Waals surface area contributed by atoms with Crippen LogP contribution in [-0.4, -0.2) is 27.5 Å². The van der Waals surface area contributed by atoms with Gasteiger partial charge in [0.05, 0.1) is 16.6 Å². The van der Waals surface area contributed by atoms with Crippen molar-refractivity contribution in [2.45, 2.75) is 22.7 Å². The van der Waals surface area contributed by atoms with E-state index in [9.17, 15) is 23.6 Å². The first-order chi connectivity index (χ1) is 20.4. The Bertz CT molecular complexity index is 1930. The summed E-state index contributed by atoms with van der Waals surface area (Å²) in [5.41, 5.74) is 1.73. The Morgan fingerprint density at radius 2 is 1.55 bits per heavy atom. The van der Waals surface area contributed by atoms with Crippen LogP contribution in [0.15, 0.2) is 107 Å². The normalized spacial score (nSPS) is 19.5. The van der Waals surface area contributed by atoms with Crippen LogP contribution in [0.5, 0.6) is 0 Å². The van der Waals surface area contributed by atoms with E-state index in [1.807, 2.05) is 72.8 Å². The van der Waals surface area contributed by atoms with E-state index >= 15 is 0 Å². The van der Waals surface area contributed by atoms with Crippen LogP contribution in [0.1, 0.15) is 16.4 Å². The molecule has 7 rings (SSSR count). The zero-order valence-electron chi connectivity index (χ0n) is 21.9. The molecule has 0 spiro atoms. The summed E-state index contributed by atoms with van der Waals surface area (Å²) in [6.07, 6.45) is 0. The summed E-state index contributed by atoms with van der Waals surface area (Å²) < 4.78 is 15.0. The third-order valence-corrected chi connectivity index (χ3v) is 10.3. The molecule has 0 bridgehead atoms. The molecule has 3 amide bonds. The van der Waals surface area contributed by atoms with Gasteiger partial charge in [0.25, 0.3) is 0 Å². The molecule has 7 nitrogen and oxygen atoms in total. The van der Waals surface area contributed by atoms with Crippen molar-refractivity contribution in [2.75, 3.05) is 10.2 Å². The van der Waals surface area contributed by atoms with Crippen LogP contribution in [0.2, 0.25) is 0 Å². The van der Waals surface area contributed by atoms with Crippen molar-refractivity contribution < 1.29 is 18.8 Å². The summed E-state index contributed by atoms with van der Waals surface area (Å²) in [5.74, 6) is -3.01. The lowest BCUT2D eigenvalue weighted by molar-refractivity contribution is -0.122. The number of rotatable bonds is 5. The van der Waals surface area contributed by atoms with Crippen molar-refractivity contribution >= 4 is 63.0 Å². The zero-order chi connectivity index (χ0) is 29.0. The lowest BCUT2D eigenvalue weighted by atomic mass is 9.83. The summed E-state index contributed by atoms with van der Waals surface area (Å²) in [6, 6.07) is 27.9. The van der Waals surface area contributed by atoms with Gasteiger partial charge in [0.15, 0.2) is 0 Å². The smallest absolute Gasteiger partial charge is 0.308 e. The SMILES string of the molecule is O=C(Cn1c2c(sc1=O)[C@@H](c1ccccc1)[C@@H]1C(=O)N(c3ccc(F)cc3)C(=O)[C@@H]1S2)Nc1cccc2ccccc12. The molecular formula is C32H22FN3O4S2. The maximum absolute atomic E-state index is 13.9. The lowest BCUT2D eigenvalue weighted by Crippen LogP contribution is -2.33. The molecule has 0 radical (unpaired) electrons. The largest absolute Gasteiger partial charge is 0.324 e. The molecule has 2 aliphatic heterocycles. The first-order valence-electron chi connectivity index (χ1n) is 13.3. The molecule has 5 aromatic rings. The number of carbonyl (C=O) groups excluding carboxylic acids is 3. The second kappa shape index (κ2) is 10.4. The number of halogens is 1. The Labute approximate surface area is 247 Å². The monoisotopic (exact) mass is 595 g/mol. The third kappa shape index (κ3) is 4.34. The third-order valence-electron chi connectivity index (χ3n) is 7.66. The van der Waals surface area contributed by atoms with Gasteiger partial charge in [-0.3, -0.25) is 23.7 Å². The number of hydrogen-bond acceptors (Lipinski definition) is 6. The van der Waals surface area contributed by atoms with Gasteiger partial charge in [-0.2, -0.15) is 0 Å². The number of anilines is 2. The van der Waals surface area contributed by atoms with Crippen LogP contribution in [-0.2, 0) is 20.9 Å². The number of benzene rings is 4. The molecule has 208 valence electrons. The Kier molecular flexibility index (Phi) is 6.52. The van der Waals surface area contributed by atoms with Crippen LogP contribution < -0.4 is 15.1 Å². The molecule has 1 saturated heterocycles. The molecule has 0 aliphatic carbocycles. The fraction of sp³-hybridized carbons (Fsp3) is 0.125. The molecule has 1 N–H and O–H groups in total. The van der Waals surface area contributed by atoms with Crippen molar-refractivity contribution in [1.29, 1.82) is 0 Å². The Balaban J connectivity index is 1.27. The second-order valence-electron chi connectivity index (χ2n) is 10.1. The maximum atomic E-state index is 13.9. The minimum atomic E-state index is -0.818. The van der Waals surface area contributed by atoms with Crippen molar-refractivity contribution in [3.8, 4) is 0 Å². The Morgan fingerprint density at radius 3 is 2.33 bits per heavy atom. The van der Waals surface area contributed by atoms with Gasteiger partial charge >= 0.3 is 4.87 Å². The van der Waals surface area contributed by atoms with Gasteiger partial charge in [0.2, 0.25) is 17.7 Å². The van der Waals surface area contributed by atoms with Crippen LogP contribution in [0.4, 0.5) is 15.8 Å². The number of nitrogens with one attached hydrogen (secondary N) is 1. The number of carbonyl (C=O) groups is 3. The average Bonchev–Trinajstić information content (AvgIpc) is 3.44. The molecule has 10 heteroatoms. The number of hydrogen-bond donors (Lipinski definition) is 1. The number of fused-ring (bicyclic) bond motifs is 3. The number of aromatic nitrogens is 1. The van der Waals surface area contributed by atoms with Crippen molar-refractivity contribution in [1.82, 2.24) is 4.57 Å². The van der Waals surface area contributed by atoms with E-state index in [1.54, 1.807) is 0 Å². The first-order valence-corrected chi connectivity index (χ1v) is 15.0. The zero-order valence-corrected chi connectivity index (χ0v) is 23.5. The van der Waals surface area contributed by atoms with Gasteiger partial charge < -0.3 is 5.32 Å². The molecule has 1 fully saturated rings. The summed E-state index contributed by atoms with van der Waals surface area (Å²) >= 11 is 2.14. The lowest BCUT2D eigenvalue weighted by Gasteiger charge is -2.30. The van der Waals surface area contributed by atoms with Crippen LogP contribution in [0.3, 0.4) is 0 Å². The molecule has 3 atom stereocenters. The topological polar surface area (TPSA) is 88.5 Å². The standard InChI is InChI=1S/C32H22FN3O4S2/c33-20-13-15-21(16-14-20)36-29(38)26-25(19-8-2-1-3-9-19)28-31(41-27(26)30(36)39)35(32(40)42-28)17-24(37)34-23-12-6-10-18-7-4-5-11-22(18)23/h1-16,25-27H,17H2,(H,34,37)/t25-,26-,27+/m0/s1. The average molecular weight is 596 g/mol. The van der Waals surface area contributed by atoms with E-state index in [1.165, 1.54) is 28.8 Å². The van der Waals surface area contributed by atoms with E-state index in [0.717, 1.165) is 44.3 Å². The molecule has 3 heterocycles. The first kappa shape index (κ1) is 26.4. The predicted molar refractivity (Wildman–Crippen MR) is 161 cm³/mol. The molecular weight excluding hydrogens is 574 g/mol. The number of thiazole rings is 1. The van der Waals surface area contributed by atoms with Gasteiger partial charge in [-0.15, -0.1) is 0 Å². The summed E-state index contributed by atoms with van der Waals surface area (Å²) in [7, 11) is 0. The number of amides is 3. The van der Waals surface area contributed by atoms with Gasteiger partial charge in [-0.1, -0.05) is 89.8 Å². The minimum absolute atomic E-state index is 0.246. The fourth-order valence-electron chi connectivity index (χ4n) is 5.79. The van der Waals surface area contributed by atoms with Crippen molar-refractivity contribution in [3.63, 3.8) is 0 Å². The maximum Gasteiger partial charge on any atom is 0.308 e. The molecule has 0 unspecified atom stereocenters. The summed E-state index contributed by atoms with van der Waals surface area (Å²) in [4.78, 5) is 55.7. The minimum Gasteiger partial charge on any atom is -0.324 e. The van der Waals surface area contributed by atoms with E-state index in [0.29, 0.717) is 21.3 Å². The molecule has 42 heavy (non-hydrogen) atoms. The van der Waals surface area contributed by atoms with Crippen LogP contribution >= 0.6 is 23.1 Å².